The van der Waals surface area contributed by atoms with Gasteiger partial charge in [0.2, 0.25) is 0 Å². The van der Waals surface area contributed by atoms with E-state index in [2.05, 4.69) is 25.3 Å². The number of halogens is 1. The second kappa shape index (κ2) is 9.36. The fourth-order valence-corrected chi connectivity index (χ4v) is 4.62. The molecule has 4 aromatic rings. The molecule has 1 atom stereocenters. The maximum atomic E-state index is 13.0. The summed E-state index contributed by atoms with van der Waals surface area (Å²) in [6, 6.07) is 7.82. The third-order valence-electron chi connectivity index (χ3n) is 6.05. The molecule has 1 aliphatic heterocycles. The third kappa shape index (κ3) is 4.44. The Labute approximate surface area is 201 Å². The van der Waals surface area contributed by atoms with Crippen molar-refractivity contribution in [3.63, 3.8) is 0 Å². The number of nitrogens with one attached hydrogen (secondary N) is 2. The van der Waals surface area contributed by atoms with Gasteiger partial charge in [0, 0.05) is 31.5 Å². The van der Waals surface area contributed by atoms with E-state index in [4.69, 9.17) is 22.1 Å². The van der Waals surface area contributed by atoms with Gasteiger partial charge in [-0.15, -0.1) is 0 Å². The van der Waals surface area contributed by atoms with Gasteiger partial charge in [0.25, 0.3) is 5.91 Å². The lowest BCUT2D eigenvalue weighted by molar-refractivity contribution is 0.102. The number of hydrogen-bond donors (Lipinski definition) is 3. The van der Waals surface area contributed by atoms with Gasteiger partial charge < -0.3 is 25.7 Å². The maximum absolute atomic E-state index is 13.0. The number of anilines is 2. The molecule has 4 N–H and O–H groups in total. The Balaban J connectivity index is 1.37. The number of rotatable bonds is 6. The average Bonchev–Trinajstić information content (AvgIpc) is 3.47. The van der Waals surface area contributed by atoms with Crippen LogP contribution in [-0.4, -0.2) is 51.9 Å². The fourth-order valence-electron chi connectivity index (χ4n) is 4.36. The molecule has 0 unspecified atom stereocenters. The standard InChI is InChI=1S/C24H26ClN7O2/c1-34-18-6-4-15(5-7-18)12-32-13-16(9-29-32)24(33)30-20-11-28-23-21(20)22(19(25)10-27-23)31-8-2-3-17(26)14-31/h4-7,9-11,13,17H,2-3,8,12,14,26H2,1H3,(H,27,28)(H,30,33)/t17-/m1/s1. The number of nitrogens with two attached hydrogens (primary N) is 1. The van der Waals surface area contributed by atoms with Gasteiger partial charge in [-0.1, -0.05) is 23.7 Å². The number of carbonyl (C=O) groups is 1. The van der Waals surface area contributed by atoms with Gasteiger partial charge in [0.1, 0.15) is 11.4 Å². The zero-order valence-electron chi connectivity index (χ0n) is 18.8. The van der Waals surface area contributed by atoms with Crippen LogP contribution >= 0.6 is 11.6 Å². The largest absolute Gasteiger partial charge is 0.497 e. The normalized spacial score (nSPS) is 16.1. The van der Waals surface area contributed by atoms with Crippen molar-refractivity contribution < 1.29 is 9.53 Å². The number of benzene rings is 1. The second-order valence-corrected chi connectivity index (χ2v) is 8.87. The summed E-state index contributed by atoms with van der Waals surface area (Å²) in [5.74, 6) is 0.534. The van der Waals surface area contributed by atoms with E-state index in [-0.39, 0.29) is 11.9 Å². The molecular weight excluding hydrogens is 454 g/mol. The van der Waals surface area contributed by atoms with Gasteiger partial charge in [-0.3, -0.25) is 9.48 Å². The lowest BCUT2D eigenvalue weighted by Gasteiger charge is -2.33. The number of amides is 1. The van der Waals surface area contributed by atoms with Crippen LogP contribution in [-0.2, 0) is 6.54 Å². The number of fused-ring (bicyclic) bond motifs is 1. The lowest BCUT2D eigenvalue weighted by atomic mass is 10.1. The van der Waals surface area contributed by atoms with E-state index in [0.29, 0.717) is 35.0 Å². The van der Waals surface area contributed by atoms with Gasteiger partial charge in [-0.25, -0.2) is 4.98 Å². The summed E-state index contributed by atoms with van der Waals surface area (Å²) >= 11 is 6.57. The first-order valence-corrected chi connectivity index (χ1v) is 11.5. The van der Waals surface area contributed by atoms with E-state index in [1.807, 2.05) is 24.3 Å². The minimum absolute atomic E-state index is 0.0848. The van der Waals surface area contributed by atoms with Crippen LogP contribution in [0.3, 0.4) is 0 Å². The molecule has 176 valence electrons. The van der Waals surface area contributed by atoms with E-state index in [1.165, 1.54) is 0 Å². The highest BCUT2D eigenvalue weighted by Crippen LogP contribution is 2.38. The number of nitrogens with zero attached hydrogens (tertiary/aromatic N) is 4. The minimum Gasteiger partial charge on any atom is -0.497 e. The molecule has 1 aromatic carbocycles. The molecule has 9 nitrogen and oxygen atoms in total. The molecule has 0 aliphatic carbocycles. The molecule has 1 amide bonds. The van der Waals surface area contributed by atoms with Gasteiger partial charge >= 0.3 is 0 Å². The first kappa shape index (κ1) is 22.2. The molecular formula is C24H26ClN7O2. The number of piperidine rings is 1. The van der Waals surface area contributed by atoms with Crippen LogP contribution in [0.25, 0.3) is 11.0 Å². The number of H-pyrrole nitrogens is 1. The number of ether oxygens (including phenoxy) is 1. The Bertz CT molecular complexity index is 1310. The summed E-state index contributed by atoms with van der Waals surface area (Å²) in [5.41, 5.74) is 9.83. The zero-order valence-corrected chi connectivity index (χ0v) is 19.5. The monoisotopic (exact) mass is 479 g/mol. The van der Waals surface area contributed by atoms with Crippen LogP contribution < -0.4 is 20.7 Å². The molecule has 5 rings (SSSR count). The molecule has 0 bridgehead atoms. The van der Waals surface area contributed by atoms with Crippen molar-refractivity contribution in [3.8, 4) is 5.75 Å². The van der Waals surface area contributed by atoms with Crippen molar-refractivity contribution in [2.45, 2.75) is 25.4 Å². The van der Waals surface area contributed by atoms with Crippen molar-refractivity contribution in [2.24, 2.45) is 5.73 Å². The summed E-state index contributed by atoms with van der Waals surface area (Å²) in [6.07, 6.45) is 8.62. The van der Waals surface area contributed by atoms with E-state index < -0.39 is 0 Å². The number of carbonyl (C=O) groups excluding carboxylic acids is 1. The van der Waals surface area contributed by atoms with Gasteiger partial charge in [0.15, 0.2) is 0 Å². The third-order valence-corrected chi connectivity index (χ3v) is 6.33. The molecule has 10 heteroatoms. The maximum Gasteiger partial charge on any atom is 0.258 e. The number of aromatic nitrogens is 4. The predicted molar refractivity (Wildman–Crippen MR) is 133 cm³/mol. The van der Waals surface area contributed by atoms with E-state index >= 15 is 0 Å². The van der Waals surface area contributed by atoms with Crippen molar-refractivity contribution >= 4 is 39.9 Å². The van der Waals surface area contributed by atoms with Gasteiger partial charge in [0.05, 0.1) is 53.4 Å². The zero-order chi connectivity index (χ0) is 23.7. The van der Waals surface area contributed by atoms with Crippen molar-refractivity contribution in [1.82, 2.24) is 19.7 Å². The molecule has 1 fully saturated rings. The topological polar surface area (TPSA) is 114 Å². The Kier molecular flexibility index (Phi) is 6.12. The number of pyridine rings is 1. The van der Waals surface area contributed by atoms with Crippen molar-refractivity contribution in [2.75, 3.05) is 30.4 Å². The molecule has 0 saturated carbocycles. The van der Waals surface area contributed by atoms with Crippen LogP contribution in [0.15, 0.2) is 49.1 Å². The molecule has 34 heavy (non-hydrogen) atoms. The number of hydrogen-bond acceptors (Lipinski definition) is 6. The van der Waals surface area contributed by atoms with Gasteiger partial charge in [-0.05, 0) is 30.5 Å². The highest BCUT2D eigenvalue weighted by molar-refractivity contribution is 6.35. The summed E-state index contributed by atoms with van der Waals surface area (Å²) < 4.78 is 6.92. The van der Waals surface area contributed by atoms with E-state index in [9.17, 15) is 4.79 Å². The SMILES string of the molecule is COc1ccc(Cn2cc(C(=O)Nc3c[nH]c4ncc(Cl)c(N5CCC[C@@H](N)C5)c34)cn2)cc1. The van der Waals surface area contributed by atoms with Crippen LogP contribution in [0.1, 0.15) is 28.8 Å². The van der Waals surface area contributed by atoms with Crippen LogP contribution in [0.4, 0.5) is 11.4 Å². The average molecular weight is 480 g/mol. The Morgan fingerprint density at radius 1 is 1.32 bits per heavy atom. The lowest BCUT2D eigenvalue weighted by Crippen LogP contribution is -2.43. The Morgan fingerprint density at radius 3 is 2.91 bits per heavy atom. The fraction of sp³-hybridized carbons (Fsp3) is 0.292. The van der Waals surface area contributed by atoms with Crippen LogP contribution in [0.2, 0.25) is 5.02 Å². The van der Waals surface area contributed by atoms with Crippen LogP contribution in [0, 0.1) is 0 Å². The first-order valence-electron chi connectivity index (χ1n) is 11.1. The predicted octanol–water partition coefficient (Wildman–Crippen LogP) is 3.65. The molecule has 3 aromatic heterocycles. The highest BCUT2D eigenvalue weighted by Gasteiger charge is 2.24. The van der Waals surface area contributed by atoms with E-state index in [1.54, 1.807) is 36.6 Å². The molecule has 1 saturated heterocycles. The van der Waals surface area contributed by atoms with Crippen LogP contribution in [0.5, 0.6) is 5.75 Å². The summed E-state index contributed by atoms with van der Waals surface area (Å²) in [5, 5.41) is 8.65. The summed E-state index contributed by atoms with van der Waals surface area (Å²) in [4.78, 5) is 22.8. The quantitative estimate of drug-likeness (QED) is 0.389. The molecule has 0 radical (unpaired) electrons. The molecule has 4 heterocycles. The second-order valence-electron chi connectivity index (χ2n) is 8.46. The summed E-state index contributed by atoms with van der Waals surface area (Å²) in [6.45, 7) is 2.10. The number of methoxy groups -OCH3 is 1. The molecule has 0 spiro atoms. The number of aromatic amines is 1. The van der Waals surface area contributed by atoms with Gasteiger partial charge in [-0.2, -0.15) is 5.10 Å². The Morgan fingerprint density at radius 2 is 2.15 bits per heavy atom. The summed E-state index contributed by atoms with van der Waals surface area (Å²) in [7, 11) is 1.63. The minimum atomic E-state index is -0.261. The first-order chi connectivity index (χ1) is 16.5. The smallest absolute Gasteiger partial charge is 0.258 e. The Hall–Kier alpha value is -3.56. The van der Waals surface area contributed by atoms with E-state index in [0.717, 1.165) is 41.8 Å². The van der Waals surface area contributed by atoms with Crippen molar-refractivity contribution in [3.05, 3.63) is 65.2 Å². The highest BCUT2D eigenvalue weighted by atomic mass is 35.5. The van der Waals surface area contributed by atoms with Crippen molar-refractivity contribution in [1.29, 1.82) is 0 Å². The molecule has 1 aliphatic rings.